The summed E-state index contributed by atoms with van der Waals surface area (Å²) in [5.41, 5.74) is 14.0. The predicted molar refractivity (Wildman–Crippen MR) is 137 cm³/mol. The predicted octanol–water partition coefficient (Wildman–Crippen LogP) is 3.83. The van der Waals surface area contributed by atoms with Crippen molar-refractivity contribution in [2.75, 3.05) is 31.0 Å². The zero-order valence-corrected chi connectivity index (χ0v) is 20.2. The van der Waals surface area contributed by atoms with Crippen LogP contribution in [0.25, 0.3) is 11.1 Å². The number of hydrogen-bond acceptors (Lipinski definition) is 8. The molecule has 2 atom stereocenters. The minimum atomic E-state index is -0.794. The normalized spacial score (nSPS) is 17.4. The van der Waals surface area contributed by atoms with Crippen LogP contribution in [0.4, 0.5) is 21.7 Å². The number of carbonyl (C=O) groups excluding carboxylic acids is 1. The smallest absolute Gasteiger partial charge is 0.252 e. The van der Waals surface area contributed by atoms with Gasteiger partial charge in [0, 0.05) is 31.0 Å². The van der Waals surface area contributed by atoms with Crippen molar-refractivity contribution in [3.05, 3.63) is 60.2 Å². The molecule has 0 spiro atoms. The van der Waals surface area contributed by atoms with Gasteiger partial charge in [0.1, 0.15) is 18.2 Å². The molecule has 0 aliphatic heterocycles. The molecule has 2 aromatic heterocycles. The second-order valence-corrected chi connectivity index (χ2v) is 8.73. The number of rotatable bonds is 10. The number of hydrogen-bond donors (Lipinski definition) is 4. The minimum absolute atomic E-state index is 0.0259. The van der Waals surface area contributed by atoms with Gasteiger partial charge in [-0.1, -0.05) is 25.0 Å². The third-order valence-corrected chi connectivity index (χ3v) is 6.13. The minimum Gasteiger partial charge on any atom is -0.491 e. The van der Waals surface area contributed by atoms with Crippen LogP contribution in [0.15, 0.2) is 48.8 Å². The van der Waals surface area contributed by atoms with Crippen molar-refractivity contribution in [3.63, 3.8) is 0 Å². The molecule has 4 rings (SSSR count). The lowest BCUT2D eigenvalue weighted by atomic mass is 9.91. The first kappa shape index (κ1) is 25.3. The van der Waals surface area contributed by atoms with Gasteiger partial charge in [0.2, 0.25) is 0 Å². The Morgan fingerprint density at radius 1 is 1.08 bits per heavy atom. The molecule has 1 amide bonds. The van der Waals surface area contributed by atoms with Gasteiger partial charge in [-0.3, -0.25) is 9.78 Å². The second kappa shape index (κ2) is 11.8. The van der Waals surface area contributed by atoms with Gasteiger partial charge in [-0.25, -0.2) is 9.37 Å². The topological polar surface area (TPSA) is 137 Å². The van der Waals surface area contributed by atoms with Crippen molar-refractivity contribution in [3.8, 4) is 16.9 Å². The summed E-state index contributed by atoms with van der Waals surface area (Å²) in [5, 5.41) is 6.19. The number of pyridine rings is 2. The molecule has 36 heavy (non-hydrogen) atoms. The van der Waals surface area contributed by atoms with Crippen LogP contribution in [0, 0.1) is 5.82 Å². The van der Waals surface area contributed by atoms with Crippen LogP contribution in [0.5, 0.6) is 5.75 Å². The number of nitrogens with zero attached hydrogens (tertiary/aromatic N) is 2. The summed E-state index contributed by atoms with van der Waals surface area (Å²) in [5.74, 6) is -0.559. The zero-order valence-electron chi connectivity index (χ0n) is 20.2. The van der Waals surface area contributed by atoms with Crippen molar-refractivity contribution in [1.82, 2.24) is 9.97 Å². The molecule has 0 radical (unpaired) electrons. The van der Waals surface area contributed by atoms with Crippen LogP contribution < -0.4 is 26.8 Å². The fourth-order valence-electron chi connectivity index (χ4n) is 4.18. The van der Waals surface area contributed by atoms with Crippen molar-refractivity contribution in [2.24, 2.45) is 11.5 Å². The van der Waals surface area contributed by atoms with Gasteiger partial charge in [0.15, 0.2) is 11.6 Å². The number of ether oxygens (including phenoxy) is 2. The maximum absolute atomic E-state index is 14.8. The molecule has 9 nitrogen and oxygen atoms in total. The highest BCUT2D eigenvalue weighted by Gasteiger charge is 2.24. The van der Waals surface area contributed by atoms with E-state index in [1.165, 1.54) is 0 Å². The van der Waals surface area contributed by atoms with E-state index in [-0.39, 0.29) is 29.3 Å². The Labute approximate surface area is 209 Å². The Morgan fingerprint density at radius 3 is 2.58 bits per heavy atom. The molecule has 0 bridgehead atoms. The summed E-state index contributed by atoms with van der Waals surface area (Å²) in [6.45, 7) is 0.974. The van der Waals surface area contributed by atoms with Crippen molar-refractivity contribution in [1.29, 1.82) is 0 Å². The molecule has 1 saturated carbocycles. The van der Waals surface area contributed by atoms with E-state index in [2.05, 4.69) is 20.6 Å². The van der Waals surface area contributed by atoms with E-state index in [9.17, 15) is 9.18 Å². The lowest BCUT2D eigenvalue weighted by molar-refractivity contribution is 0.100. The molecule has 3 aromatic rings. The summed E-state index contributed by atoms with van der Waals surface area (Å²) in [7, 11) is 1.62. The monoisotopic (exact) mass is 494 g/mol. The Kier molecular flexibility index (Phi) is 8.29. The highest BCUT2D eigenvalue weighted by atomic mass is 19.1. The maximum Gasteiger partial charge on any atom is 0.252 e. The molecule has 0 saturated heterocycles. The van der Waals surface area contributed by atoms with Crippen LogP contribution in [0.2, 0.25) is 0 Å². The van der Waals surface area contributed by atoms with E-state index in [0.717, 1.165) is 48.6 Å². The van der Waals surface area contributed by atoms with Crippen LogP contribution in [-0.4, -0.2) is 48.3 Å². The third-order valence-electron chi connectivity index (χ3n) is 6.13. The van der Waals surface area contributed by atoms with Gasteiger partial charge < -0.3 is 31.6 Å². The van der Waals surface area contributed by atoms with E-state index < -0.39 is 11.7 Å². The largest absolute Gasteiger partial charge is 0.491 e. The average molecular weight is 495 g/mol. The van der Waals surface area contributed by atoms with Gasteiger partial charge >= 0.3 is 0 Å². The zero-order chi connectivity index (χ0) is 25.5. The highest BCUT2D eigenvalue weighted by Crippen LogP contribution is 2.29. The molecule has 1 aromatic carbocycles. The Balaban J connectivity index is 1.55. The number of carbonyl (C=O) groups is 1. The molecule has 6 N–H and O–H groups in total. The van der Waals surface area contributed by atoms with Gasteiger partial charge in [-0.05, 0) is 42.7 Å². The number of nitrogens with one attached hydrogen (secondary N) is 2. The number of benzene rings is 1. The number of nitrogens with two attached hydrogens (primary N) is 2. The summed E-state index contributed by atoms with van der Waals surface area (Å²) in [6, 6.07) is 10.3. The van der Waals surface area contributed by atoms with E-state index in [1.807, 2.05) is 30.3 Å². The number of halogens is 1. The first-order valence-electron chi connectivity index (χ1n) is 11.9. The van der Waals surface area contributed by atoms with Crippen molar-refractivity contribution in [2.45, 2.75) is 37.8 Å². The quantitative estimate of drug-likeness (QED) is 0.312. The molecule has 1 aliphatic carbocycles. The first-order chi connectivity index (χ1) is 17.4. The van der Waals surface area contributed by atoms with Crippen molar-refractivity contribution < 1.29 is 18.7 Å². The molecule has 1 fully saturated rings. The summed E-state index contributed by atoms with van der Waals surface area (Å²) < 4.78 is 25.4. The number of primary amides is 1. The molecular weight excluding hydrogens is 463 g/mol. The summed E-state index contributed by atoms with van der Waals surface area (Å²) in [6.07, 6.45) is 7.06. The molecule has 2 heterocycles. The van der Waals surface area contributed by atoms with Gasteiger partial charge in [-0.15, -0.1) is 0 Å². The molecule has 2 unspecified atom stereocenters. The van der Waals surface area contributed by atoms with Crippen molar-refractivity contribution >= 4 is 23.2 Å². The van der Waals surface area contributed by atoms with Gasteiger partial charge in [0.25, 0.3) is 5.91 Å². The summed E-state index contributed by atoms with van der Waals surface area (Å²) >= 11 is 0. The fourth-order valence-corrected chi connectivity index (χ4v) is 4.18. The van der Waals surface area contributed by atoms with Crippen LogP contribution >= 0.6 is 0 Å². The third kappa shape index (κ3) is 6.27. The molecule has 1 aliphatic rings. The SMILES string of the molecule is COCCOc1ccc(-c2cncc(Nc3nc(NC4CCCCC4N)c(F)cc3C(N)=O)c2)cc1. The second-order valence-electron chi connectivity index (χ2n) is 8.73. The summed E-state index contributed by atoms with van der Waals surface area (Å²) in [4.78, 5) is 20.7. The van der Waals surface area contributed by atoms with Crippen LogP contribution in [0.3, 0.4) is 0 Å². The number of aromatic nitrogens is 2. The standard InChI is InChI=1S/C26H31FN6O3/c1-35-10-11-36-19-8-6-16(7-9-19)17-12-18(15-30-14-17)31-25-20(24(29)34)13-21(27)26(33-25)32-23-5-3-2-4-22(23)28/h6-9,12-15,22-23H,2-5,10-11,28H2,1H3,(H2,29,34)(H2,31,32,33). The Bertz CT molecular complexity index is 1190. The Hall–Kier alpha value is -3.76. The highest BCUT2D eigenvalue weighted by molar-refractivity contribution is 5.98. The molecule has 10 heteroatoms. The van der Waals surface area contributed by atoms with E-state index >= 15 is 0 Å². The molecular formula is C26H31FN6O3. The number of anilines is 3. The van der Waals surface area contributed by atoms with Crippen LogP contribution in [0.1, 0.15) is 36.0 Å². The van der Waals surface area contributed by atoms with E-state index in [4.69, 9.17) is 20.9 Å². The lowest BCUT2D eigenvalue weighted by Crippen LogP contribution is -2.43. The average Bonchev–Trinajstić information content (AvgIpc) is 2.88. The van der Waals surface area contributed by atoms with E-state index in [0.29, 0.717) is 18.9 Å². The fraction of sp³-hybridized carbons (Fsp3) is 0.346. The van der Waals surface area contributed by atoms with Gasteiger partial charge in [-0.2, -0.15) is 0 Å². The Morgan fingerprint density at radius 2 is 1.86 bits per heavy atom. The lowest BCUT2D eigenvalue weighted by Gasteiger charge is -2.30. The van der Waals surface area contributed by atoms with Crippen LogP contribution in [-0.2, 0) is 4.74 Å². The van der Waals surface area contributed by atoms with E-state index in [1.54, 1.807) is 19.5 Å². The molecule has 190 valence electrons. The maximum atomic E-state index is 14.8. The van der Waals surface area contributed by atoms with Gasteiger partial charge in [0.05, 0.1) is 24.1 Å². The number of methoxy groups -OCH3 is 1. The number of amides is 1. The first-order valence-corrected chi connectivity index (χ1v) is 11.9.